The lowest BCUT2D eigenvalue weighted by atomic mass is 9.76. The predicted octanol–water partition coefficient (Wildman–Crippen LogP) is 5.72. The number of benzene rings is 2. The van der Waals surface area contributed by atoms with E-state index in [9.17, 15) is 39.0 Å². The van der Waals surface area contributed by atoms with Crippen molar-refractivity contribution >= 4 is 69.1 Å². The third-order valence-corrected chi connectivity index (χ3v) is 16.4. The molecule has 2 fully saturated rings. The predicted molar refractivity (Wildman–Crippen MR) is 323 cm³/mol. The molecule has 25 heteroatoms. The maximum atomic E-state index is 13.1. The summed E-state index contributed by atoms with van der Waals surface area (Å²) in [6, 6.07) is 10.9. The number of aliphatic hydroxyl groups is 2. The van der Waals surface area contributed by atoms with Crippen LogP contribution in [0.5, 0.6) is 0 Å². The number of fused-ring (bicyclic) bond motifs is 3. The summed E-state index contributed by atoms with van der Waals surface area (Å²) in [4.78, 5) is 99.7. The van der Waals surface area contributed by atoms with Gasteiger partial charge in [-0.15, -0.1) is 0 Å². The Hall–Kier alpha value is -7.58. The molecule has 5 aromatic rings. The van der Waals surface area contributed by atoms with Crippen LogP contribution < -0.4 is 26.6 Å². The van der Waals surface area contributed by atoms with Crippen molar-refractivity contribution in [1.82, 2.24) is 55.2 Å². The first-order chi connectivity index (χ1) is 41.9. The van der Waals surface area contributed by atoms with E-state index >= 15 is 0 Å². The summed E-state index contributed by atoms with van der Waals surface area (Å²) in [5.41, 5.74) is 5.49. The van der Waals surface area contributed by atoms with Crippen molar-refractivity contribution in [2.24, 2.45) is 5.92 Å². The van der Waals surface area contributed by atoms with E-state index in [-0.39, 0.29) is 65.8 Å². The van der Waals surface area contributed by atoms with Gasteiger partial charge in [0.25, 0.3) is 11.8 Å². The second-order valence-corrected chi connectivity index (χ2v) is 24.1. The number of unbranched alkanes of at least 4 members (excludes halogenated alkanes) is 1. The van der Waals surface area contributed by atoms with E-state index in [0.29, 0.717) is 138 Å². The Morgan fingerprint density at radius 3 is 2.21 bits per heavy atom. The van der Waals surface area contributed by atoms with Crippen LogP contribution in [0, 0.1) is 5.92 Å². The number of nitrogens with zero attached hydrogens (tertiary/aromatic N) is 7. The molecular formula is C62H85N13O12. The van der Waals surface area contributed by atoms with Gasteiger partial charge in [0, 0.05) is 82.8 Å². The Morgan fingerprint density at radius 1 is 0.816 bits per heavy atom. The molecule has 3 atom stereocenters. The second-order valence-electron chi connectivity index (χ2n) is 24.1. The summed E-state index contributed by atoms with van der Waals surface area (Å²) >= 11 is 0. The van der Waals surface area contributed by atoms with Gasteiger partial charge in [0.05, 0.1) is 55.1 Å². The lowest BCUT2D eigenvalue weighted by Gasteiger charge is -2.45. The number of aryl methyl sites for hydroxylation is 1. The standard InChI is InChI=1S/C62H85N13O12/c1-38(2)73(42-31-39(32-42)13-19-49-70-45-17-14-40(62(3,4)5)33-46(45)71-49)35-48-54(79)55(80)61(87-48)74-37-69-53-56(67-36-68-57(53)74)66-22-7-6-21-64-50(76)11-8-12-51(77)65-24-10-26-85-28-30-86-29-27-84-25-9-23-63-41-15-16-43-44(34-41)60(83)75(59(43)82)47-18-20-52(78)72-58(47)81/h14-17,33-34,36-39,42,47,55,61,63,79-80H,6-13,18-32,35H2,1-5H3,(H,64,76)(H,65,77)(H,70,71)(H,66,67,68)(H,72,78,81)/t39?,42?,47?,55?,61-/m1/s1. The van der Waals surface area contributed by atoms with E-state index in [1.54, 1.807) is 29.1 Å². The molecule has 2 aromatic carbocycles. The van der Waals surface area contributed by atoms with Crippen LogP contribution in [0.2, 0.25) is 0 Å². The number of aliphatic hydroxyl groups excluding tert-OH is 2. The summed E-state index contributed by atoms with van der Waals surface area (Å²) in [5, 5.41) is 37.0. The molecule has 1 saturated carbocycles. The van der Waals surface area contributed by atoms with Gasteiger partial charge in [-0.1, -0.05) is 26.8 Å². The molecular weight excluding hydrogens is 1120 g/mol. The molecule has 470 valence electrons. The van der Waals surface area contributed by atoms with E-state index in [2.05, 4.69) is 104 Å². The molecule has 87 heavy (non-hydrogen) atoms. The van der Waals surface area contributed by atoms with Crippen molar-refractivity contribution in [2.45, 2.75) is 154 Å². The zero-order valence-corrected chi connectivity index (χ0v) is 50.7. The van der Waals surface area contributed by atoms with Gasteiger partial charge in [-0.25, -0.2) is 19.9 Å². The Bertz CT molecular complexity index is 3260. The molecule has 0 radical (unpaired) electrons. The number of rotatable bonds is 34. The van der Waals surface area contributed by atoms with Crippen molar-refractivity contribution < 1.29 is 57.9 Å². The second kappa shape index (κ2) is 29.9. The lowest BCUT2D eigenvalue weighted by molar-refractivity contribution is -0.136. The van der Waals surface area contributed by atoms with Crippen molar-refractivity contribution in [2.75, 3.05) is 83.0 Å². The number of imide groups is 2. The van der Waals surface area contributed by atoms with E-state index in [0.717, 1.165) is 53.9 Å². The van der Waals surface area contributed by atoms with E-state index in [1.165, 1.54) is 11.9 Å². The highest BCUT2D eigenvalue weighted by Gasteiger charge is 2.45. The van der Waals surface area contributed by atoms with Gasteiger partial charge in [0.1, 0.15) is 24.5 Å². The average molecular weight is 1200 g/mol. The molecule has 6 heterocycles. The fourth-order valence-electron chi connectivity index (χ4n) is 11.4. The van der Waals surface area contributed by atoms with Gasteiger partial charge < -0.3 is 55.4 Å². The lowest BCUT2D eigenvalue weighted by Crippen LogP contribution is -2.54. The fourth-order valence-corrected chi connectivity index (χ4v) is 11.4. The Kier molecular flexibility index (Phi) is 22.0. The van der Waals surface area contributed by atoms with Crippen LogP contribution in [0.25, 0.3) is 22.2 Å². The number of imidazole rings is 2. The first-order valence-electron chi connectivity index (χ1n) is 30.7. The number of nitrogens with one attached hydrogen (secondary N) is 6. The Labute approximate surface area is 506 Å². The normalized spacial score (nSPS) is 19.5. The van der Waals surface area contributed by atoms with E-state index in [4.69, 9.17) is 23.9 Å². The zero-order chi connectivity index (χ0) is 61.6. The molecule has 9 rings (SSSR count). The first-order valence-corrected chi connectivity index (χ1v) is 30.7. The Balaban J connectivity index is 0.559. The molecule has 8 N–H and O–H groups in total. The maximum Gasteiger partial charge on any atom is 0.262 e. The number of aromatic nitrogens is 6. The average Bonchev–Trinajstić information content (AvgIpc) is 1.83. The molecule has 2 unspecified atom stereocenters. The SMILES string of the molecule is CC(C)N(CC1=C(O)C(O)[C@H](n2cnc3c(NCCCCNC(=O)CCCC(=O)NCCCOCCOCCOCCCNc4ccc5c(c4)C(=O)N(C4CCC(=O)NC4=O)C5=O)ncnc32)O1)C1CC(CCc2nc3ccc(C(C)(C)C)cc3[nH]2)C1. The monoisotopic (exact) mass is 1200 g/mol. The minimum atomic E-state index is -1.31. The van der Waals surface area contributed by atoms with E-state index in [1.807, 2.05) is 0 Å². The Morgan fingerprint density at radius 2 is 1.49 bits per heavy atom. The number of ether oxygens (including phenoxy) is 4. The number of hydrogen-bond acceptors (Lipinski definition) is 19. The van der Waals surface area contributed by atoms with E-state index < -0.39 is 42.0 Å². The van der Waals surface area contributed by atoms with Gasteiger partial charge in [0.15, 0.2) is 34.6 Å². The highest BCUT2D eigenvalue weighted by Crippen LogP contribution is 2.40. The molecule has 1 saturated heterocycles. The molecule has 3 aromatic heterocycles. The van der Waals surface area contributed by atoms with Crippen molar-refractivity contribution in [3.63, 3.8) is 0 Å². The summed E-state index contributed by atoms with van der Waals surface area (Å²) in [6.07, 6.45) is 8.57. The van der Waals surface area contributed by atoms with Gasteiger partial charge in [-0.2, -0.15) is 0 Å². The topological polar surface area (TPSA) is 319 Å². The molecule has 0 spiro atoms. The van der Waals surface area contributed by atoms with Gasteiger partial charge >= 0.3 is 0 Å². The third kappa shape index (κ3) is 16.5. The van der Waals surface area contributed by atoms with Crippen LogP contribution in [0.4, 0.5) is 11.5 Å². The van der Waals surface area contributed by atoms with Gasteiger partial charge in [-0.3, -0.25) is 48.5 Å². The van der Waals surface area contributed by atoms with Crippen LogP contribution in [0.15, 0.2) is 60.6 Å². The first kappa shape index (κ1) is 63.9. The number of H-pyrrole nitrogens is 1. The highest BCUT2D eigenvalue weighted by atomic mass is 16.5. The summed E-state index contributed by atoms with van der Waals surface area (Å²) in [7, 11) is 0. The number of carbonyl (C=O) groups excluding carboxylic acids is 6. The minimum absolute atomic E-state index is 0.0627. The zero-order valence-electron chi connectivity index (χ0n) is 50.7. The molecule has 25 nitrogen and oxygen atoms in total. The van der Waals surface area contributed by atoms with Crippen LogP contribution in [0.1, 0.15) is 150 Å². The fraction of sp³-hybridized carbons (Fsp3) is 0.581. The summed E-state index contributed by atoms with van der Waals surface area (Å²) < 4.78 is 24.8. The number of anilines is 2. The quantitative estimate of drug-likeness (QED) is 0.0180. The summed E-state index contributed by atoms with van der Waals surface area (Å²) in [5.74, 6) is -0.126. The van der Waals surface area contributed by atoms with Crippen LogP contribution in [-0.4, -0.2) is 182 Å². The summed E-state index contributed by atoms with van der Waals surface area (Å²) in [6.45, 7) is 15.9. The molecule has 4 aliphatic rings. The number of piperidine rings is 1. The van der Waals surface area contributed by atoms with Crippen LogP contribution in [-0.2, 0) is 50.0 Å². The number of aromatic amines is 1. The van der Waals surface area contributed by atoms with Gasteiger partial charge in [-0.05, 0) is 119 Å². The molecule has 3 aliphatic heterocycles. The van der Waals surface area contributed by atoms with Crippen molar-refractivity contribution in [1.29, 1.82) is 0 Å². The smallest absolute Gasteiger partial charge is 0.262 e. The number of carbonyl (C=O) groups is 6. The van der Waals surface area contributed by atoms with Crippen LogP contribution >= 0.6 is 0 Å². The molecule has 1 aliphatic carbocycles. The van der Waals surface area contributed by atoms with Crippen LogP contribution in [0.3, 0.4) is 0 Å². The molecule has 0 bridgehead atoms. The van der Waals surface area contributed by atoms with Crippen molar-refractivity contribution in [3.8, 4) is 0 Å². The molecule has 6 amide bonds. The minimum Gasteiger partial charge on any atom is -0.506 e. The third-order valence-electron chi connectivity index (χ3n) is 16.4. The largest absolute Gasteiger partial charge is 0.506 e. The maximum absolute atomic E-state index is 13.1. The van der Waals surface area contributed by atoms with Gasteiger partial charge in [0.2, 0.25) is 29.9 Å². The highest BCUT2D eigenvalue weighted by molar-refractivity contribution is 6.23. The number of hydrogen-bond donors (Lipinski definition) is 8. The number of amides is 6. The van der Waals surface area contributed by atoms with Crippen molar-refractivity contribution in [3.05, 3.63) is 83.1 Å².